The van der Waals surface area contributed by atoms with Crippen LogP contribution in [0.1, 0.15) is 174 Å². The highest BCUT2D eigenvalue weighted by atomic mass is 16.3. The van der Waals surface area contributed by atoms with E-state index in [1.54, 1.807) is 19.1 Å². The zero-order valence-corrected chi connectivity index (χ0v) is 40.9. The van der Waals surface area contributed by atoms with Crippen molar-refractivity contribution >= 4 is 41.0 Å². The number of phenolic OH excluding ortho intramolecular Hbond substituents is 1. The first-order valence-corrected chi connectivity index (χ1v) is 24.9. The molecule has 0 spiro atoms. The molecule has 2 rings (SSSR count). The van der Waals surface area contributed by atoms with Crippen molar-refractivity contribution in [3.63, 3.8) is 0 Å². The van der Waals surface area contributed by atoms with E-state index in [1.807, 2.05) is 44.2 Å². The molecule has 13 nitrogen and oxygen atoms in total. The molecule has 368 valence electrons. The van der Waals surface area contributed by atoms with Gasteiger partial charge in [0, 0.05) is 44.6 Å². The molecule has 0 fully saturated rings. The molecule has 66 heavy (non-hydrogen) atoms. The summed E-state index contributed by atoms with van der Waals surface area (Å²) in [5, 5.41) is 28.7. The van der Waals surface area contributed by atoms with Crippen LogP contribution in [0, 0.1) is 23.2 Å². The van der Waals surface area contributed by atoms with E-state index >= 15 is 0 Å². The second kappa shape index (κ2) is 33.4. The van der Waals surface area contributed by atoms with E-state index in [0.29, 0.717) is 44.1 Å². The van der Waals surface area contributed by atoms with Gasteiger partial charge in [0.25, 0.3) is 0 Å². The van der Waals surface area contributed by atoms with Crippen LogP contribution in [-0.2, 0) is 41.6 Å². The molecule has 0 aliphatic carbocycles. The first-order valence-electron chi connectivity index (χ1n) is 24.9. The number of ketones is 2. The molecule has 4 amide bonds. The fraction of sp³-hybridized carbons (Fsp3) is 0.642. The molecule has 2 aromatic carbocycles. The lowest BCUT2D eigenvalue weighted by Crippen LogP contribution is -2.52. The SMILES string of the molecule is CCCCCCCCCCCCCCCC(=O)N[C@@H](CC(C)C)C(=O)N[C@@H](C)C(=O)C[C@@H](Cc1ccc(O)cc1)C(=O)N[C@@H](Cc1ccccc1)C(=O)C[C@@H](CCCCC(=N)N)C(=O)NC. The number of phenols is 1. The third-order valence-electron chi connectivity index (χ3n) is 12.2. The second-order valence-electron chi connectivity index (χ2n) is 18.7. The van der Waals surface area contributed by atoms with Gasteiger partial charge in [-0.1, -0.05) is 147 Å². The maximum atomic E-state index is 14.3. The zero-order valence-electron chi connectivity index (χ0n) is 40.9. The average Bonchev–Trinajstić information content (AvgIpc) is 3.28. The summed E-state index contributed by atoms with van der Waals surface area (Å²) in [5.74, 6) is -3.68. The molecule has 2 aromatic rings. The van der Waals surface area contributed by atoms with Gasteiger partial charge in [-0.2, -0.15) is 0 Å². The molecule has 0 radical (unpaired) electrons. The Balaban J connectivity index is 2.12. The number of carbonyl (C=O) groups is 6. The average molecular weight is 917 g/mol. The monoisotopic (exact) mass is 917 g/mol. The molecule has 5 atom stereocenters. The lowest BCUT2D eigenvalue weighted by molar-refractivity contribution is -0.135. The molecule has 0 bridgehead atoms. The highest BCUT2D eigenvalue weighted by Crippen LogP contribution is 2.21. The van der Waals surface area contributed by atoms with Crippen molar-refractivity contribution < 1.29 is 33.9 Å². The molecule has 0 aromatic heterocycles. The first-order chi connectivity index (χ1) is 31.6. The summed E-state index contributed by atoms with van der Waals surface area (Å²) in [6.45, 7) is 7.73. The Labute approximate surface area is 395 Å². The fourth-order valence-corrected chi connectivity index (χ4v) is 8.27. The predicted octanol–water partition coefficient (Wildman–Crippen LogP) is 8.57. The Hall–Kier alpha value is -5.07. The van der Waals surface area contributed by atoms with E-state index in [0.717, 1.165) is 31.2 Å². The van der Waals surface area contributed by atoms with Crippen molar-refractivity contribution in [2.45, 2.75) is 193 Å². The van der Waals surface area contributed by atoms with Crippen LogP contribution in [0.5, 0.6) is 5.75 Å². The summed E-state index contributed by atoms with van der Waals surface area (Å²) in [6.07, 6.45) is 18.2. The van der Waals surface area contributed by atoms with Gasteiger partial charge in [0.05, 0.1) is 17.9 Å². The molecule has 0 aliphatic heterocycles. The van der Waals surface area contributed by atoms with Crippen molar-refractivity contribution in [2.75, 3.05) is 7.05 Å². The number of hydrogen-bond acceptors (Lipinski definition) is 8. The molecule has 0 aliphatic rings. The minimum absolute atomic E-state index is 0.0417. The van der Waals surface area contributed by atoms with Crippen LogP contribution >= 0.6 is 0 Å². The number of benzene rings is 2. The van der Waals surface area contributed by atoms with Gasteiger partial charge < -0.3 is 32.1 Å². The van der Waals surface area contributed by atoms with Crippen LogP contribution in [0.3, 0.4) is 0 Å². The largest absolute Gasteiger partial charge is 0.508 e. The van der Waals surface area contributed by atoms with Crippen molar-refractivity contribution in [1.82, 2.24) is 21.3 Å². The lowest BCUT2D eigenvalue weighted by Gasteiger charge is -2.25. The number of carbonyl (C=O) groups excluding carboxylic acids is 6. The molecule has 0 heterocycles. The van der Waals surface area contributed by atoms with Crippen LogP contribution in [0.15, 0.2) is 54.6 Å². The van der Waals surface area contributed by atoms with Crippen LogP contribution in [-0.4, -0.2) is 71.3 Å². The van der Waals surface area contributed by atoms with Gasteiger partial charge in [-0.3, -0.25) is 34.2 Å². The first kappa shape index (κ1) is 57.1. The molecular formula is C53H84N6O7. The normalized spacial score (nSPS) is 13.5. The Morgan fingerprint density at radius 2 is 1.14 bits per heavy atom. The molecule has 0 saturated carbocycles. The number of unbranched alkanes of at least 4 members (excludes halogenated alkanes) is 13. The van der Waals surface area contributed by atoms with Gasteiger partial charge in [-0.25, -0.2) is 0 Å². The Morgan fingerprint density at radius 1 is 0.591 bits per heavy atom. The van der Waals surface area contributed by atoms with Gasteiger partial charge in [0.1, 0.15) is 11.8 Å². The van der Waals surface area contributed by atoms with E-state index in [9.17, 15) is 33.9 Å². The smallest absolute Gasteiger partial charge is 0.243 e. The summed E-state index contributed by atoms with van der Waals surface area (Å²) in [4.78, 5) is 82.0. The molecular weight excluding hydrogens is 833 g/mol. The summed E-state index contributed by atoms with van der Waals surface area (Å²) >= 11 is 0. The Morgan fingerprint density at radius 3 is 1.70 bits per heavy atom. The lowest BCUT2D eigenvalue weighted by atomic mass is 9.88. The number of nitrogens with one attached hydrogen (secondary N) is 5. The highest BCUT2D eigenvalue weighted by Gasteiger charge is 2.32. The van der Waals surface area contributed by atoms with Gasteiger partial charge >= 0.3 is 0 Å². The number of Topliss-reactive ketones (excluding diaryl/α,β-unsaturated/α-hetero) is 2. The van der Waals surface area contributed by atoms with Gasteiger partial charge in [-0.15, -0.1) is 0 Å². The topological polar surface area (TPSA) is 221 Å². The van der Waals surface area contributed by atoms with E-state index in [1.165, 1.54) is 77.0 Å². The van der Waals surface area contributed by atoms with E-state index < -0.39 is 47.6 Å². The predicted molar refractivity (Wildman–Crippen MR) is 264 cm³/mol. The maximum Gasteiger partial charge on any atom is 0.243 e. The fourth-order valence-electron chi connectivity index (χ4n) is 8.27. The van der Waals surface area contributed by atoms with Crippen molar-refractivity contribution in [2.24, 2.45) is 23.5 Å². The van der Waals surface area contributed by atoms with Crippen molar-refractivity contribution in [3.05, 3.63) is 65.7 Å². The van der Waals surface area contributed by atoms with Gasteiger partial charge in [0.2, 0.25) is 23.6 Å². The minimum Gasteiger partial charge on any atom is -0.508 e. The number of aromatic hydroxyl groups is 1. The van der Waals surface area contributed by atoms with Crippen LogP contribution in [0.25, 0.3) is 0 Å². The molecule has 0 saturated heterocycles. The third-order valence-corrected chi connectivity index (χ3v) is 12.2. The number of amidine groups is 1. The summed E-state index contributed by atoms with van der Waals surface area (Å²) in [6, 6.07) is 12.7. The quantitative estimate of drug-likeness (QED) is 0.0197. The third kappa shape index (κ3) is 25.0. The van der Waals surface area contributed by atoms with Crippen LogP contribution in [0.4, 0.5) is 0 Å². The maximum absolute atomic E-state index is 14.3. The summed E-state index contributed by atoms with van der Waals surface area (Å²) in [7, 11) is 1.51. The van der Waals surface area contributed by atoms with Crippen LogP contribution < -0.4 is 27.0 Å². The molecule has 13 heteroatoms. The number of nitrogens with two attached hydrogens (primary N) is 1. The number of amides is 4. The Kier molecular flexibility index (Phi) is 28.9. The van der Waals surface area contributed by atoms with Gasteiger partial charge in [0.15, 0.2) is 11.6 Å². The van der Waals surface area contributed by atoms with E-state index in [-0.39, 0.29) is 60.8 Å². The van der Waals surface area contributed by atoms with Gasteiger partial charge in [-0.05, 0) is 74.6 Å². The molecule has 0 unspecified atom stereocenters. The highest BCUT2D eigenvalue weighted by molar-refractivity contribution is 5.96. The van der Waals surface area contributed by atoms with Crippen molar-refractivity contribution in [3.8, 4) is 5.75 Å². The standard InChI is InChI=1S/C53H84N6O7/c1-6-7-8-9-10-11-12-13-14-15-16-17-21-28-50(63)58-46(33-38(2)3)53(66)57-39(4)47(61)37-43(34-41-29-31-44(60)32-30-41)52(65)59-45(35-40-24-19-18-20-25-40)48(62)36-42(51(64)56-5)26-22-23-27-49(54)55/h18-20,24-25,29-32,38-39,42-43,45-46,60H,6-17,21-23,26-28,33-37H2,1-5H3,(H3,54,55)(H,56,64)(H,57,66)(H,58,63)(H,59,65)/t39-,42+,43+,45-,46-/m0/s1. The van der Waals surface area contributed by atoms with E-state index in [2.05, 4.69) is 28.2 Å². The second-order valence-corrected chi connectivity index (χ2v) is 18.7. The van der Waals surface area contributed by atoms with Crippen molar-refractivity contribution in [1.29, 1.82) is 5.41 Å². The zero-order chi connectivity index (χ0) is 48.7. The minimum atomic E-state index is -1.01. The van der Waals surface area contributed by atoms with Crippen LogP contribution in [0.2, 0.25) is 0 Å². The summed E-state index contributed by atoms with van der Waals surface area (Å²) in [5.41, 5.74) is 6.99. The van der Waals surface area contributed by atoms with E-state index in [4.69, 9.17) is 11.1 Å². The molecule has 8 N–H and O–H groups in total. The number of hydrogen-bond donors (Lipinski definition) is 7. The number of rotatable bonds is 37. The summed E-state index contributed by atoms with van der Waals surface area (Å²) < 4.78 is 0. The Bertz CT molecular complexity index is 1750.